The average molecular weight is 806 g/mol. The van der Waals surface area contributed by atoms with Gasteiger partial charge in [0.2, 0.25) is 0 Å². The van der Waals surface area contributed by atoms with Crippen LogP contribution >= 0.6 is 0 Å². The second-order valence-corrected chi connectivity index (χ2v) is 18.1. The molecular formula is C42H53F2N7O7. The fourth-order valence-corrected chi connectivity index (χ4v) is 6.96. The summed E-state index contributed by atoms with van der Waals surface area (Å²) in [5.74, 6) is -2.22. The summed E-state index contributed by atoms with van der Waals surface area (Å²) in [6.07, 6.45) is 6.82. The number of benzene rings is 1. The summed E-state index contributed by atoms with van der Waals surface area (Å²) in [6.45, 7) is 16.0. The van der Waals surface area contributed by atoms with Gasteiger partial charge in [-0.3, -0.25) is 4.98 Å². The van der Waals surface area contributed by atoms with Gasteiger partial charge in [-0.1, -0.05) is 6.42 Å². The van der Waals surface area contributed by atoms with E-state index in [2.05, 4.69) is 20.3 Å². The molecule has 0 spiro atoms. The number of ether oxygens (including phenoxy) is 4. The third-order valence-electron chi connectivity index (χ3n) is 9.50. The van der Waals surface area contributed by atoms with Crippen LogP contribution in [0.15, 0.2) is 43.1 Å². The van der Waals surface area contributed by atoms with Crippen molar-refractivity contribution in [3.63, 3.8) is 0 Å². The normalized spacial score (nSPS) is 18.8. The van der Waals surface area contributed by atoms with Crippen molar-refractivity contribution in [1.82, 2.24) is 29.8 Å². The molecule has 16 heteroatoms. The number of rotatable bonds is 9. The molecule has 2 saturated carbocycles. The molecule has 3 aromatic heterocycles. The quantitative estimate of drug-likeness (QED) is 0.161. The zero-order valence-electron chi connectivity index (χ0n) is 34.6. The van der Waals surface area contributed by atoms with E-state index in [9.17, 15) is 23.2 Å². The van der Waals surface area contributed by atoms with Crippen LogP contribution in [0.3, 0.4) is 0 Å². The van der Waals surface area contributed by atoms with Gasteiger partial charge >= 0.3 is 18.3 Å². The Morgan fingerprint density at radius 3 is 2.16 bits per heavy atom. The van der Waals surface area contributed by atoms with Crippen LogP contribution in [0, 0.1) is 11.6 Å². The first-order valence-electron chi connectivity index (χ1n) is 19.6. The Hall–Kier alpha value is -5.25. The van der Waals surface area contributed by atoms with E-state index in [1.54, 1.807) is 52.3 Å². The number of carbonyl (C=O) groups is 3. The monoisotopic (exact) mass is 805 g/mol. The van der Waals surface area contributed by atoms with Crippen molar-refractivity contribution >= 4 is 35.3 Å². The number of carbonyl (C=O) groups excluding carboxylic acids is 3. The van der Waals surface area contributed by atoms with E-state index in [0.29, 0.717) is 41.3 Å². The van der Waals surface area contributed by atoms with Gasteiger partial charge in [0, 0.05) is 11.8 Å². The minimum atomic E-state index is -1.00. The van der Waals surface area contributed by atoms with Gasteiger partial charge in [0.25, 0.3) is 0 Å². The van der Waals surface area contributed by atoms with E-state index in [4.69, 9.17) is 23.9 Å². The van der Waals surface area contributed by atoms with E-state index in [1.165, 1.54) is 18.7 Å². The molecule has 3 heterocycles. The topological polar surface area (TPSA) is 160 Å². The van der Waals surface area contributed by atoms with E-state index < -0.39 is 52.3 Å². The van der Waals surface area contributed by atoms with Crippen LogP contribution in [0.1, 0.15) is 118 Å². The standard InChI is InChI=1S/C42H53F2N7O7/c1-39(2,3)56-36(52)49-42(22-55-28-13-14-28)16-10-11-26(19-42)29-20-45-32(25-12-15-30(43)31(44)17-25)18-27(29)21-50-24-48-33-34(50)46-23-47-35(33)51(37(53)57-40(4,5)6)38(54)58-41(7,8)9/h12,15,17-18,20,23-24,26,28H,10-11,13-14,16,19,21-22H2,1-9H3,(H,49,52). The summed E-state index contributed by atoms with van der Waals surface area (Å²) in [7, 11) is 0. The highest BCUT2D eigenvalue weighted by Crippen LogP contribution is 2.42. The number of imidazole rings is 1. The van der Waals surface area contributed by atoms with E-state index in [0.717, 1.165) is 48.9 Å². The molecule has 312 valence electrons. The number of fused-ring (bicyclic) bond motifs is 1. The summed E-state index contributed by atoms with van der Waals surface area (Å²) >= 11 is 0. The summed E-state index contributed by atoms with van der Waals surface area (Å²) in [5, 5.41) is 3.18. The second-order valence-electron chi connectivity index (χ2n) is 18.1. The molecule has 2 aliphatic rings. The lowest BCUT2D eigenvalue weighted by atomic mass is 9.72. The minimum absolute atomic E-state index is 0.109. The highest BCUT2D eigenvalue weighted by Gasteiger charge is 2.42. The number of alkyl carbamates (subject to hydrolysis) is 1. The van der Waals surface area contributed by atoms with Gasteiger partial charge in [0.05, 0.1) is 36.8 Å². The summed E-state index contributed by atoms with van der Waals surface area (Å²) in [6, 6.07) is 5.44. The Bertz CT molecular complexity index is 2140. The SMILES string of the molecule is CC(C)(C)OC(=O)NC1(COC2CC2)CCCC(c2cnc(-c3ccc(F)c(F)c3)cc2Cn2cnc3c(N(C(=O)OC(C)(C)C)C(=O)OC(C)(C)C)ncnc32)C1. The first-order chi connectivity index (χ1) is 27.1. The highest BCUT2D eigenvalue weighted by atomic mass is 19.2. The molecule has 0 aliphatic heterocycles. The molecule has 2 aliphatic carbocycles. The summed E-state index contributed by atoms with van der Waals surface area (Å²) in [5.41, 5.74) is -0.474. The Morgan fingerprint density at radius 1 is 0.862 bits per heavy atom. The Balaban J connectivity index is 1.41. The third-order valence-corrected chi connectivity index (χ3v) is 9.50. The van der Waals surface area contributed by atoms with Crippen LogP contribution in [0.4, 0.5) is 29.0 Å². The zero-order valence-corrected chi connectivity index (χ0v) is 34.6. The lowest BCUT2D eigenvalue weighted by molar-refractivity contribution is 0.0120. The number of hydrogen-bond donors (Lipinski definition) is 1. The Kier molecular flexibility index (Phi) is 11.8. The van der Waals surface area contributed by atoms with Crippen molar-refractivity contribution in [2.24, 2.45) is 0 Å². The Labute approximate surface area is 337 Å². The number of nitrogens with one attached hydrogen (secondary N) is 1. The van der Waals surface area contributed by atoms with Crippen LogP contribution in [-0.2, 0) is 25.5 Å². The molecule has 4 aromatic rings. The largest absolute Gasteiger partial charge is 0.444 e. The highest BCUT2D eigenvalue weighted by molar-refractivity contribution is 6.12. The van der Waals surface area contributed by atoms with Crippen molar-refractivity contribution in [1.29, 1.82) is 0 Å². The van der Waals surface area contributed by atoms with Crippen molar-refractivity contribution in [3.8, 4) is 11.3 Å². The van der Waals surface area contributed by atoms with Crippen LogP contribution < -0.4 is 10.2 Å². The van der Waals surface area contributed by atoms with Crippen molar-refractivity contribution in [3.05, 3.63) is 65.9 Å². The molecule has 2 fully saturated rings. The number of aromatic nitrogens is 5. The van der Waals surface area contributed by atoms with Gasteiger partial charge in [-0.05, 0) is 136 Å². The van der Waals surface area contributed by atoms with Gasteiger partial charge in [-0.15, -0.1) is 0 Å². The van der Waals surface area contributed by atoms with Crippen LogP contribution in [-0.4, -0.2) is 77.8 Å². The van der Waals surface area contributed by atoms with Gasteiger partial charge in [-0.2, -0.15) is 4.90 Å². The van der Waals surface area contributed by atoms with Gasteiger partial charge in [0.1, 0.15) is 23.1 Å². The number of pyridine rings is 1. The number of hydrogen-bond acceptors (Lipinski definition) is 11. The molecule has 14 nitrogen and oxygen atoms in total. The fourth-order valence-electron chi connectivity index (χ4n) is 6.96. The van der Waals surface area contributed by atoms with E-state index >= 15 is 0 Å². The minimum Gasteiger partial charge on any atom is -0.444 e. The maximum absolute atomic E-state index is 14.5. The van der Waals surface area contributed by atoms with E-state index in [1.807, 2.05) is 26.8 Å². The predicted molar refractivity (Wildman–Crippen MR) is 211 cm³/mol. The lowest BCUT2D eigenvalue weighted by Gasteiger charge is -2.42. The number of imide groups is 1. The van der Waals surface area contributed by atoms with Gasteiger partial charge in [-0.25, -0.2) is 38.1 Å². The maximum atomic E-state index is 14.5. The molecule has 2 unspecified atom stereocenters. The van der Waals surface area contributed by atoms with E-state index in [-0.39, 0.29) is 29.9 Å². The van der Waals surface area contributed by atoms with Crippen LogP contribution in [0.25, 0.3) is 22.4 Å². The number of nitrogens with zero attached hydrogens (tertiary/aromatic N) is 6. The second kappa shape index (κ2) is 16.2. The molecule has 1 N–H and O–H groups in total. The number of anilines is 1. The lowest BCUT2D eigenvalue weighted by Crippen LogP contribution is -2.55. The van der Waals surface area contributed by atoms with Crippen LogP contribution in [0.2, 0.25) is 0 Å². The molecule has 58 heavy (non-hydrogen) atoms. The molecule has 1 aromatic carbocycles. The van der Waals surface area contributed by atoms with Crippen molar-refractivity contribution in [2.45, 2.75) is 142 Å². The number of halogens is 2. The Morgan fingerprint density at radius 2 is 1.53 bits per heavy atom. The first-order valence-corrected chi connectivity index (χ1v) is 19.6. The molecule has 0 bridgehead atoms. The zero-order chi connectivity index (χ0) is 42.2. The average Bonchev–Trinajstić information content (AvgIpc) is 3.85. The van der Waals surface area contributed by atoms with Gasteiger partial charge in [0.15, 0.2) is 28.6 Å². The molecule has 2 atom stereocenters. The third kappa shape index (κ3) is 10.6. The first kappa shape index (κ1) is 42.4. The molecule has 0 radical (unpaired) electrons. The summed E-state index contributed by atoms with van der Waals surface area (Å²) < 4.78 is 53.3. The maximum Gasteiger partial charge on any atom is 0.425 e. The molecule has 6 rings (SSSR count). The van der Waals surface area contributed by atoms with Crippen LogP contribution in [0.5, 0.6) is 0 Å². The smallest absolute Gasteiger partial charge is 0.425 e. The predicted octanol–water partition coefficient (Wildman–Crippen LogP) is 8.99. The molecule has 0 saturated heterocycles. The molecule has 3 amide bonds. The number of amides is 3. The fraction of sp³-hybridized carbons (Fsp3) is 0.548. The molecular weight excluding hydrogens is 752 g/mol. The van der Waals surface area contributed by atoms with Gasteiger partial charge < -0.3 is 28.8 Å². The van der Waals surface area contributed by atoms with Crippen molar-refractivity contribution < 1.29 is 42.1 Å². The summed E-state index contributed by atoms with van der Waals surface area (Å²) in [4.78, 5) is 59.1. The van der Waals surface area contributed by atoms with Crippen molar-refractivity contribution in [2.75, 3.05) is 11.5 Å².